The Bertz CT molecular complexity index is 676. The third-order valence-electron chi connectivity index (χ3n) is 2.57. The maximum atomic E-state index is 11.6. The van der Waals surface area contributed by atoms with Crippen LogP contribution in [-0.2, 0) is 23.7 Å². The molecule has 0 N–H and O–H groups in total. The van der Waals surface area contributed by atoms with E-state index < -0.39 is 11.8 Å². The van der Waals surface area contributed by atoms with Crippen LogP contribution in [0.3, 0.4) is 0 Å². The Hall–Kier alpha value is -2.76. The smallest absolute Gasteiger partial charge is 0.337 e. The topological polar surface area (TPSA) is 68.7 Å². The first-order valence-corrected chi connectivity index (χ1v) is 5.97. The van der Waals surface area contributed by atoms with E-state index in [1.807, 2.05) is 14.1 Å². The second kappa shape index (κ2) is 5.92. The molecule has 0 saturated heterocycles. The summed E-state index contributed by atoms with van der Waals surface area (Å²) in [6, 6.07) is 6.59. The van der Waals surface area contributed by atoms with Gasteiger partial charge in [-0.25, -0.2) is 9.98 Å². The maximum absolute atomic E-state index is 11.6. The molecule has 6 heteroatoms. The van der Waals surface area contributed by atoms with E-state index in [9.17, 15) is 9.59 Å². The lowest BCUT2D eigenvalue weighted by Crippen LogP contribution is -2.17. The minimum atomic E-state index is -0.882. The molecule has 0 aliphatic rings. The van der Waals surface area contributed by atoms with Crippen LogP contribution in [0.25, 0.3) is 0 Å². The van der Waals surface area contributed by atoms with E-state index in [1.165, 1.54) is 0 Å². The molecular weight excluding hydrogens is 256 g/mol. The van der Waals surface area contributed by atoms with Gasteiger partial charge >= 0.3 is 11.8 Å². The molecule has 0 fully saturated rings. The van der Waals surface area contributed by atoms with Gasteiger partial charge in [0.2, 0.25) is 0 Å². The van der Waals surface area contributed by atoms with Crippen LogP contribution in [0.5, 0.6) is 0 Å². The number of hydrogen-bond donors (Lipinski definition) is 0. The summed E-state index contributed by atoms with van der Waals surface area (Å²) in [5, 5.41) is 0.854. The summed E-state index contributed by atoms with van der Waals surface area (Å²) in [5.74, 6) is -1.76. The molecule has 2 aromatic rings. The van der Waals surface area contributed by atoms with E-state index in [0.29, 0.717) is 10.7 Å². The molecule has 2 aromatic heterocycles. The molecule has 2 heterocycles. The Morgan fingerprint density at radius 2 is 1.05 bits per heavy atom. The molecule has 102 valence electrons. The number of carbonyl (C=O) groups excluding carboxylic acids is 2. The van der Waals surface area contributed by atoms with E-state index in [4.69, 9.17) is 0 Å². The van der Waals surface area contributed by atoms with Crippen LogP contribution < -0.4 is 10.7 Å². The molecule has 0 saturated carbocycles. The fourth-order valence-electron chi connectivity index (χ4n) is 1.47. The lowest BCUT2D eigenvalue weighted by Gasteiger charge is -1.95. The monoisotopic (exact) mass is 270 g/mol. The van der Waals surface area contributed by atoms with Gasteiger partial charge in [0, 0.05) is 38.9 Å². The SMILES string of the molecule is Cn1ccc(=NC(=O)C(=O)N=c2ccn(C)cc2)cc1. The number of aromatic nitrogens is 2. The van der Waals surface area contributed by atoms with Gasteiger partial charge in [0.15, 0.2) is 0 Å². The summed E-state index contributed by atoms with van der Waals surface area (Å²) >= 11 is 0. The Kier molecular flexibility index (Phi) is 4.05. The van der Waals surface area contributed by atoms with Crippen LogP contribution in [0, 0.1) is 0 Å². The molecular formula is C14H14N4O2. The van der Waals surface area contributed by atoms with E-state index >= 15 is 0 Å². The molecule has 0 aliphatic heterocycles. The van der Waals surface area contributed by atoms with Crippen molar-refractivity contribution < 1.29 is 9.59 Å². The predicted molar refractivity (Wildman–Crippen MR) is 72.0 cm³/mol. The van der Waals surface area contributed by atoms with Gasteiger partial charge in [0.25, 0.3) is 0 Å². The van der Waals surface area contributed by atoms with Crippen molar-refractivity contribution in [2.75, 3.05) is 0 Å². The highest BCUT2D eigenvalue weighted by Gasteiger charge is 2.09. The zero-order chi connectivity index (χ0) is 14.5. The Labute approximate surface area is 115 Å². The molecule has 0 spiro atoms. The zero-order valence-electron chi connectivity index (χ0n) is 11.2. The molecule has 2 rings (SSSR count). The maximum Gasteiger partial charge on any atom is 0.337 e. The average Bonchev–Trinajstić information content (AvgIpc) is 2.44. The van der Waals surface area contributed by atoms with Crippen LogP contribution in [0.2, 0.25) is 0 Å². The van der Waals surface area contributed by atoms with Crippen molar-refractivity contribution in [3.63, 3.8) is 0 Å². The molecule has 6 nitrogen and oxygen atoms in total. The summed E-state index contributed by atoms with van der Waals surface area (Å²) in [7, 11) is 3.70. The second-order valence-corrected chi connectivity index (χ2v) is 4.28. The van der Waals surface area contributed by atoms with Crippen LogP contribution in [-0.4, -0.2) is 20.9 Å². The second-order valence-electron chi connectivity index (χ2n) is 4.28. The number of pyridine rings is 2. The standard InChI is InChI=1S/C14H14N4O2/c1-17-7-3-11(4-8-17)15-13(19)14(20)16-12-5-9-18(2)10-6-12/h3-10H,1-2H3. The Morgan fingerprint density at radius 1 is 0.750 bits per heavy atom. The van der Waals surface area contributed by atoms with Crippen LogP contribution in [0.15, 0.2) is 59.0 Å². The number of rotatable bonds is 0. The van der Waals surface area contributed by atoms with Crippen molar-refractivity contribution in [1.29, 1.82) is 0 Å². The molecule has 0 aliphatic carbocycles. The van der Waals surface area contributed by atoms with Gasteiger partial charge in [0.05, 0.1) is 10.7 Å². The van der Waals surface area contributed by atoms with Gasteiger partial charge in [-0.2, -0.15) is 0 Å². The molecule has 0 aromatic carbocycles. The summed E-state index contributed by atoms with van der Waals surface area (Å²) in [6.07, 6.45) is 6.96. The van der Waals surface area contributed by atoms with E-state index in [-0.39, 0.29) is 0 Å². The molecule has 0 bridgehead atoms. The minimum absolute atomic E-state index is 0.427. The van der Waals surface area contributed by atoms with Crippen LogP contribution >= 0.6 is 0 Å². The van der Waals surface area contributed by atoms with Crippen molar-refractivity contribution >= 4 is 11.8 Å². The normalized spacial score (nSPS) is 9.90. The molecule has 0 radical (unpaired) electrons. The van der Waals surface area contributed by atoms with Gasteiger partial charge in [-0.05, 0) is 24.3 Å². The fourth-order valence-corrected chi connectivity index (χ4v) is 1.47. The van der Waals surface area contributed by atoms with Gasteiger partial charge < -0.3 is 9.13 Å². The third kappa shape index (κ3) is 3.61. The van der Waals surface area contributed by atoms with Gasteiger partial charge in [-0.15, -0.1) is 0 Å². The fraction of sp³-hybridized carbons (Fsp3) is 0.143. The Morgan fingerprint density at radius 3 is 1.35 bits per heavy atom. The molecule has 0 atom stereocenters. The highest BCUT2D eigenvalue weighted by Crippen LogP contribution is 1.83. The van der Waals surface area contributed by atoms with Crippen molar-refractivity contribution in [2.24, 2.45) is 24.1 Å². The summed E-state index contributed by atoms with van der Waals surface area (Å²) in [6.45, 7) is 0. The lowest BCUT2D eigenvalue weighted by molar-refractivity contribution is -0.135. The minimum Gasteiger partial charge on any atom is -0.357 e. The highest BCUT2D eigenvalue weighted by molar-refractivity contribution is 6.35. The van der Waals surface area contributed by atoms with Crippen molar-refractivity contribution in [3.8, 4) is 0 Å². The number of hydrogen-bond acceptors (Lipinski definition) is 2. The predicted octanol–water partition coefficient (Wildman–Crippen LogP) is -0.0816. The quantitative estimate of drug-likeness (QED) is 0.628. The first kappa shape index (κ1) is 13.7. The van der Waals surface area contributed by atoms with Crippen molar-refractivity contribution in [1.82, 2.24) is 9.13 Å². The largest absolute Gasteiger partial charge is 0.357 e. The van der Waals surface area contributed by atoms with E-state index in [2.05, 4.69) is 9.98 Å². The molecule has 2 amide bonds. The van der Waals surface area contributed by atoms with E-state index in [1.54, 1.807) is 58.2 Å². The van der Waals surface area contributed by atoms with Crippen molar-refractivity contribution in [3.05, 3.63) is 59.8 Å². The zero-order valence-corrected chi connectivity index (χ0v) is 11.2. The van der Waals surface area contributed by atoms with Crippen molar-refractivity contribution in [2.45, 2.75) is 0 Å². The van der Waals surface area contributed by atoms with Gasteiger partial charge in [-0.3, -0.25) is 9.59 Å². The molecule has 20 heavy (non-hydrogen) atoms. The first-order valence-electron chi connectivity index (χ1n) is 5.97. The number of nitrogens with zero attached hydrogens (tertiary/aromatic N) is 4. The number of aryl methyl sites for hydroxylation is 2. The molecule has 0 unspecified atom stereocenters. The van der Waals surface area contributed by atoms with Gasteiger partial charge in [-0.1, -0.05) is 0 Å². The van der Waals surface area contributed by atoms with E-state index in [0.717, 1.165) is 0 Å². The van der Waals surface area contributed by atoms with Crippen LogP contribution in [0.4, 0.5) is 0 Å². The number of amides is 2. The Balaban J connectivity index is 2.23. The summed E-state index contributed by atoms with van der Waals surface area (Å²) in [4.78, 5) is 30.7. The average molecular weight is 270 g/mol. The van der Waals surface area contributed by atoms with Crippen LogP contribution in [0.1, 0.15) is 0 Å². The summed E-state index contributed by atoms with van der Waals surface area (Å²) in [5.41, 5.74) is 0. The first-order chi connectivity index (χ1) is 9.54. The third-order valence-corrected chi connectivity index (χ3v) is 2.57. The lowest BCUT2D eigenvalue weighted by atomic mass is 10.4. The van der Waals surface area contributed by atoms with Gasteiger partial charge in [0.1, 0.15) is 0 Å². The highest BCUT2D eigenvalue weighted by atomic mass is 16.2. The summed E-state index contributed by atoms with van der Waals surface area (Å²) < 4.78 is 3.61. The number of carbonyl (C=O) groups is 2.